The Kier molecular flexibility index (Phi) is 6.28. The lowest BCUT2D eigenvalue weighted by atomic mass is 10.0. The number of amides is 1. The minimum absolute atomic E-state index is 0.0640. The zero-order valence-corrected chi connectivity index (χ0v) is 12.9. The van der Waals surface area contributed by atoms with Crippen LogP contribution in [-0.4, -0.2) is 39.5 Å². The van der Waals surface area contributed by atoms with Gasteiger partial charge < -0.3 is 20.3 Å². The maximum Gasteiger partial charge on any atom is 0.407 e. The first kappa shape index (κ1) is 17.9. The van der Waals surface area contributed by atoms with E-state index >= 15 is 0 Å². The quantitative estimate of drug-likeness (QED) is 0.754. The second-order valence-corrected chi connectivity index (χ2v) is 5.78. The molecular formula is C15H21N3O4. The number of nitriles is 1. The molecule has 1 heterocycles. The van der Waals surface area contributed by atoms with Crippen LogP contribution in [0.5, 0.6) is 0 Å². The third kappa shape index (κ3) is 5.68. The topological polar surface area (TPSA) is 115 Å². The van der Waals surface area contributed by atoms with Crippen molar-refractivity contribution in [3.63, 3.8) is 0 Å². The molecule has 0 spiro atoms. The van der Waals surface area contributed by atoms with E-state index < -0.39 is 23.9 Å². The first-order chi connectivity index (χ1) is 10.2. The Morgan fingerprint density at radius 3 is 2.77 bits per heavy atom. The number of carbonyl (C=O) groups excluding carboxylic acids is 1. The number of ether oxygens (including phenoxy) is 1. The molecule has 0 saturated heterocycles. The van der Waals surface area contributed by atoms with Gasteiger partial charge in [-0.3, -0.25) is 0 Å². The largest absolute Gasteiger partial charge is 0.444 e. The van der Waals surface area contributed by atoms with Gasteiger partial charge in [-0.2, -0.15) is 5.26 Å². The monoisotopic (exact) mass is 307 g/mol. The van der Waals surface area contributed by atoms with E-state index in [0.717, 1.165) is 0 Å². The molecule has 22 heavy (non-hydrogen) atoms. The van der Waals surface area contributed by atoms with Gasteiger partial charge in [0.05, 0.1) is 6.10 Å². The molecule has 1 aromatic heterocycles. The van der Waals surface area contributed by atoms with Crippen LogP contribution >= 0.6 is 0 Å². The van der Waals surface area contributed by atoms with Gasteiger partial charge in [0.25, 0.3) is 0 Å². The molecule has 0 aliphatic rings. The molecule has 0 radical (unpaired) electrons. The molecule has 1 amide bonds. The van der Waals surface area contributed by atoms with Crippen LogP contribution in [0.25, 0.3) is 0 Å². The van der Waals surface area contributed by atoms with Crippen LogP contribution < -0.4 is 5.32 Å². The molecule has 3 N–H and O–H groups in total. The van der Waals surface area contributed by atoms with Crippen molar-refractivity contribution >= 4 is 6.09 Å². The van der Waals surface area contributed by atoms with E-state index in [0.29, 0.717) is 0 Å². The van der Waals surface area contributed by atoms with Crippen LogP contribution in [-0.2, 0) is 4.74 Å². The summed E-state index contributed by atoms with van der Waals surface area (Å²) in [5.74, 6) is 0. The standard InChI is InChI=1S/C15H21N3O4/c1-15(2,3)22-14(21)18-8-6-12(19)13(20)10-5-4-7-17-11(10)9-16/h4-5,7,12-13,19-20H,6,8H2,1-3H3,(H,18,21). The van der Waals surface area contributed by atoms with Gasteiger partial charge in [0, 0.05) is 18.3 Å². The third-order valence-electron chi connectivity index (χ3n) is 2.74. The first-order valence-corrected chi connectivity index (χ1v) is 6.92. The molecule has 0 aromatic carbocycles. The highest BCUT2D eigenvalue weighted by atomic mass is 16.6. The predicted octanol–water partition coefficient (Wildman–Crippen LogP) is 1.26. The van der Waals surface area contributed by atoms with E-state index in [9.17, 15) is 15.0 Å². The van der Waals surface area contributed by atoms with E-state index in [4.69, 9.17) is 10.00 Å². The fourth-order valence-corrected chi connectivity index (χ4v) is 1.75. The zero-order valence-electron chi connectivity index (χ0n) is 12.9. The number of nitrogens with one attached hydrogen (secondary N) is 1. The van der Waals surface area contributed by atoms with E-state index in [1.54, 1.807) is 26.8 Å². The fraction of sp³-hybridized carbons (Fsp3) is 0.533. The summed E-state index contributed by atoms with van der Waals surface area (Å²) in [5.41, 5.74) is -0.275. The third-order valence-corrected chi connectivity index (χ3v) is 2.74. The molecule has 0 aliphatic carbocycles. The Morgan fingerprint density at radius 1 is 1.50 bits per heavy atom. The number of pyridine rings is 1. The maximum atomic E-state index is 11.4. The van der Waals surface area contributed by atoms with Crippen molar-refractivity contribution in [2.24, 2.45) is 0 Å². The molecule has 2 unspecified atom stereocenters. The van der Waals surface area contributed by atoms with Crippen LogP contribution in [0, 0.1) is 11.3 Å². The van der Waals surface area contributed by atoms with Crippen LogP contribution in [0.2, 0.25) is 0 Å². The van der Waals surface area contributed by atoms with Crippen molar-refractivity contribution in [1.82, 2.24) is 10.3 Å². The molecular weight excluding hydrogens is 286 g/mol. The number of hydrogen-bond donors (Lipinski definition) is 3. The Morgan fingerprint density at radius 2 is 2.18 bits per heavy atom. The van der Waals surface area contributed by atoms with Crippen molar-refractivity contribution < 1.29 is 19.7 Å². The van der Waals surface area contributed by atoms with Gasteiger partial charge >= 0.3 is 6.09 Å². The molecule has 7 heteroatoms. The number of hydrogen-bond acceptors (Lipinski definition) is 6. The van der Waals surface area contributed by atoms with Gasteiger partial charge in [0.2, 0.25) is 0 Å². The molecule has 1 rings (SSSR count). The van der Waals surface area contributed by atoms with Crippen molar-refractivity contribution in [2.75, 3.05) is 6.54 Å². The lowest BCUT2D eigenvalue weighted by Gasteiger charge is -2.21. The van der Waals surface area contributed by atoms with Gasteiger partial charge in [-0.05, 0) is 33.3 Å². The second-order valence-electron chi connectivity index (χ2n) is 5.78. The molecule has 120 valence electrons. The summed E-state index contributed by atoms with van der Waals surface area (Å²) in [6.07, 6.45) is -1.42. The highest BCUT2D eigenvalue weighted by Gasteiger charge is 2.22. The summed E-state index contributed by atoms with van der Waals surface area (Å²) < 4.78 is 5.05. The minimum Gasteiger partial charge on any atom is -0.444 e. The number of aromatic nitrogens is 1. The zero-order chi connectivity index (χ0) is 16.8. The molecule has 7 nitrogen and oxygen atoms in total. The van der Waals surface area contributed by atoms with Gasteiger partial charge in [-0.25, -0.2) is 9.78 Å². The Balaban J connectivity index is 2.50. The average molecular weight is 307 g/mol. The van der Waals surface area contributed by atoms with Crippen molar-refractivity contribution in [3.8, 4) is 6.07 Å². The number of aliphatic hydroxyl groups excluding tert-OH is 2. The smallest absolute Gasteiger partial charge is 0.407 e. The molecule has 1 aromatic rings. The number of aliphatic hydroxyl groups is 2. The molecule has 0 fully saturated rings. The normalized spacial score (nSPS) is 13.8. The second kappa shape index (κ2) is 7.73. The summed E-state index contributed by atoms with van der Waals surface area (Å²) >= 11 is 0. The summed E-state index contributed by atoms with van der Waals surface area (Å²) in [5, 5.41) is 31.4. The van der Waals surface area contributed by atoms with E-state index in [1.165, 1.54) is 12.3 Å². The van der Waals surface area contributed by atoms with Gasteiger partial charge in [0.15, 0.2) is 0 Å². The molecule has 0 aliphatic heterocycles. The van der Waals surface area contributed by atoms with E-state index in [2.05, 4.69) is 10.3 Å². The van der Waals surface area contributed by atoms with Crippen LogP contribution in [0.4, 0.5) is 4.79 Å². The summed E-state index contributed by atoms with van der Waals surface area (Å²) in [4.78, 5) is 15.3. The van der Waals surface area contributed by atoms with Gasteiger partial charge in [-0.1, -0.05) is 6.07 Å². The van der Waals surface area contributed by atoms with Crippen LogP contribution in [0.1, 0.15) is 44.6 Å². The minimum atomic E-state index is -1.25. The Labute approximate surface area is 129 Å². The predicted molar refractivity (Wildman–Crippen MR) is 78.8 cm³/mol. The number of rotatable bonds is 5. The van der Waals surface area contributed by atoms with Crippen LogP contribution in [0.15, 0.2) is 18.3 Å². The summed E-state index contributed by atoms with van der Waals surface area (Å²) in [6.45, 7) is 5.38. The highest BCUT2D eigenvalue weighted by molar-refractivity contribution is 5.67. The number of alkyl carbamates (subject to hydrolysis) is 1. The van der Waals surface area contributed by atoms with Crippen molar-refractivity contribution in [3.05, 3.63) is 29.6 Å². The Bertz CT molecular complexity index is 548. The fourth-order valence-electron chi connectivity index (χ4n) is 1.75. The Hall–Kier alpha value is -2.17. The molecule has 2 atom stereocenters. The van der Waals surface area contributed by atoms with Crippen molar-refractivity contribution in [2.45, 2.75) is 45.0 Å². The number of nitrogens with zero attached hydrogens (tertiary/aromatic N) is 2. The SMILES string of the molecule is CC(C)(C)OC(=O)NCCC(O)C(O)c1cccnc1C#N. The maximum absolute atomic E-state index is 11.4. The molecule has 0 bridgehead atoms. The lowest BCUT2D eigenvalue weighted by molar-refractivity contribution is 0.0119. The summed E-state index contributed by atoms with van der Waals surface area (Å²) in [6, 6.07) is 4.96. The number of carbonyl (C=O) groups is 1. The van der Waals surface area contributed by atoms with Crippen molar-refractivity contribution in [1.29, 1.82) is 5.26 Å². The lowest BCUT2D eigenvalue weighted by Crippen LogP contribution is -2.34. The van der Waals surface area contributed by atoms with E-state index in [1.807, 2.05) is 6.07 Å². The summed E-state index contributed by atoms with van der Waals surface area (Å²) in [7, 11) is 0. The van der Waals surface area contributed by atoms with Gasteiger partial charge in [0.1, 0.15) is 23.5 Å². The average Bonchev–Trinajstić information content (AvgIpc) is 2.44. The first-order valence-electron chi connectivity index (χ1n) is 6.92. The van der Waals surface area contributed by atoms with Crippen LogP contribution in [0.3, 0.4) is 0 Å². The highest BCUT2D eigenvalue weighted by Crippen LogP contribution is 2.20. The molecule has 0 saturated carbocycles. The van der Waals surface area contributed by atoms with Gasteiger partial charge in [-0.15, -0.1) is 0 Å². The van der Waals surface area contributed by atoms with E-state index in [-0.39, 0.29) is 24.2 Å².